The van der Waals surface area contributed by atoms with Crippen molar-refractivity contribution in [1.29, 1.82) is 0 Å². The van der Waals surface area contributed by atoms with Crippen LogP contribution in [0.4, 0.5) is 11.4 Å². The van der Waals surface area contributed by atoms with Gasteiger partial charge in [0, 0.05) is 22.7 Å². The normalized spacial score (nSPS) is 10.9. The van der Waals surface area contributed by atoms with Crippen LogP contribution in [-0.2, 0) is 4.79 Å². The number of nitro benzene ring substituents is 1. The molecule has 0 saturated heterocycles. The Labute approximate surface area is 184 Å². The number of carbonyl (C=O) groups is 1. The van der Waals surface area contributed by atoms with Crippen LogP contribution in [0.1, 0.15) is 4.88 Å². The number of carbonyl (C=O) groups excluding carboxylic acids is 1. The van der Waals surface area contributed by atoms with E-state index in [2.05, 4.69) is 10.3 Å². The third-order valence-corrected chi connectivity index (χ3v) is 6.23. The lowest BCUT2D eigenvalue weighted by Gasteiger charge is -2.12. The first-order valence-electron chi connectivity index (χ1n) is 9.18. The molecule has 0 fully saturated rings. The first-order valence-corrected chi connectivity index (χ1v) is 11.0. The van der Waals surface area contributed by atoms with Gasteiger partial charge in [-0.15, -0.1) is 11.3 Å². The van der Waals surface area contributed by atoms with E-state index in [1.807, 2.05) is 31.2 Å². The number of nitrogens with one attached hydrogen (secondary N) is 1. The second-order valence-electron chi connectivity index (χ2n) is 6.59. The fourth-order valence-electron chi connectivity index (χ4n) is 3.01. The molecule has 0 spiro atoms. The van der Waals surface area contributed by atoms with Crippen LogP contribution in [0.2, 0.25) is 0 Å². The Kier molecular flexibility index (Phi) is 5.83. The number of aryl methyl sites for hydroxylation is 1. The minimum Gasteiger partial charge on any atom is -0.325 e. The Morgan fingerprint density at radius 2 is 1.97 bits per heavy atom. The van der Waals surface area contributed by atoms with Crippen molar-refractivity contribution in [2.45, 2.75) is 12.1 Å². The quantitative estimate of drug-likeness (QED) is 0.201. The topological polar surface area (TPSA) is 107 Å². The number of hydrogen-bond acceptors (Lipinski definition) is 7. The van der Waals surface area contributed by atoms with E-state index in [1.165, 1.54) is 34.1 Å². The maximum absolute atomic E-state index is 13.2. The van der Waals surface area contributed by atoms with Gasteiger partial charge in [-0.2, -0.15) is 0 Å². The molecule has 31 heavy (non-hydrogen) atoms. The highest BCUT2D eigenvalue weighted by Crippen LogP contribution is 2.26. The number of rotatable bonds is 6. The summed E-state index contributed by atoms with van der Waals surface area (Å²) in [5, 5.41) is 14.5. The third-order valence-electron chi connectivity index (χ3n) is 4.35. The van der Waals surface area contributed by atoms with Crippen molar-refractivity contribution < 1.29 is 9.72 Å². The highest BCUT2D eigenvalue weighted by molar-refractivity contribution is 7.99. The van der Waals surface area contributed by atoms with Gasteiger partial charge < -0.3 is 5.32 Å². The van der Waals surface area contributed by atoms with E-state index in [1.54, 1.807) is 18.2 Å². The second-order valence-corrected chi connectivity index (χ2v) is 8.77. The van der Waals surface area contributed by atoms with Crippen LogP contribution < -0.4 is 10.9 Å². The lowest BCUT2D eigenvalue weighted by Crippen LogP contribution is -2.22. The lowest BCUT2D eigenvalue weighted by atomic mass is 10.3. The average Bonchev–Trinajstić information content (AvgIpc) is 3.13. The van der Waals surface area contributed by atoms with Gasteiger partial charge >= 0.3 is 0 Å². The molecule has 0 unspecified atom stereocenters. The molecule has 2 aromatic carbocycles. The van der Waals surface area contributed by atoms with E-state index in [0.717, 1.165) is 16.6 Å². The van der Waals surface area contributed by atoms with Crippen LogP contribution in [0.3, 0.4) is 0 Å². The van der Waals surface area contributed by atoms with Crippen molar-refractivity contribution >= 4 is 50.6 Å². The van der Waals surface area contributed by atoms with Gasteiger partial charge in [0.1, 0.15) is 4.83 Å². The first kappa shape index (κ1) is 20.8. The number of amides is 1. The van der Waals surface area contributed by atoms with Crippen molar-refractivity contribution in [2.75, 3.05) is 11.1 Å². The van der Waals surface area contributed by atoms with E-state index in [0.29, 0.717) is 26.7 Å². The zero-order chi connectivity index (χ0) is 22.0. The van der Waals surface area contributed by atoms with Crippen LogP contribution in [0.5, 0.6) is 0 Å². The maximum Gasteiger partial charge on any atom is 0.271 e. The van der Waals surface area contributed by atoms with E-state index in [4.69, 9.17) is 0 Å². The van der Waals surface area contributed by atoms with Crippen LogP contribution in [0.25, 0.3) is 15.9 Å². The number of benzene rings is 2. The number of fused-ring (bicyclic) bond motifs is 1. The van der Waals surface area contributed by atoms with Gasteiger partial charge in [0.25, 0.3) is 11.2 Å². The summed E-state index contributed by atoms with van der Waals surface area (Å²) < 4.78 is 1.50. The molecule has 0 aliphatic carbocycles. The summed E-state index contributed by atoms with van der Waals surface area (Å²) >= 11 is 2.55. The first-order chi connectivity index (χ1) is 14.9. The van der Waals surface area contributed by atoms with Crippen molar-refractivity contribution in [3.05, 3.63) is 86.0 Å². The van der Waals surface area contributed by atoms with Gasteiger partial charge in [0.2, 0.25) is 5.91 Å². The van der Waals surface area contributed by atoms with Gasteiger partial charge in [0.05, 0.1) is 21.7 Å². The minimum absolute atomic E-state index is 0.0160. The highest BCUT2D eigenvalue weighted by atomic mass is 32.2. The number of hydrogen-bond donors (Lipinski definition) is 1. The summed E-state index contributed by atoms with van der Waals surface area (Å²) in [6, 6.07) is 16.7. The fraction of sp³-hybridized carbons (Fsp3) is 0.0952. The summed E-state index contributed by atoms with van der Waals surface area (Å²) in [5.41, 5.74) is 0.690. The molecule has 8 nitrogen and oxygen atoms in total. The molecular formula is C21H16N4O4S2. The zero-order valence-electron chi connectivity index (χ0n) is 16.3. The van der Waals surface area contributed by atoms with Crippen molar-refractivity contribution in [3.63, 3.8) is 0 Å². The second kappa shape index (κ2) is 8.70. The Balaban J connectivity index is 1.62. The van der Waals surface area contributed by atoms with E-state index in [9.17, 15) is 19.7 Å². The van der Waals surface area contributed by atoms with Gasteiger partial charge in [-0.05, 0) is 31.2 Å². The summed E-state index contributed by atoms with van der Waals surface area (Å²) in [5.74, 6) is -0.375. The molecule has 1 amide bonds. The Bertz CT molecular complexity index is 1350. The van der Waals surface area contributed by atoms with Gasteiger partial charge in [0.15, 0.2) is 5.16 Å². The van der Waals surface area contributed by atoms with Crippen LogP contribution in [0.15, 0.2) is 70.6 Å². The Hall–Kier alpha value is -3.50. The minimum atomic E-state index is -0.523. The molecule has 156 valence electrons. The number of nitrogens with zero attached hydrogens (tertiary/aromatic N) is 3. The van der Waals surface area contributed by atoms with Crippen LogP contribution >= 0.6 is 23.1 Å². The molecule has 0 atom stereocenters. The number of para-hydroxylation sites is 1. The monoisotopic (exact) mass is 452 g/mol. The lowest BCUT2D eigenvalue weighted by molar-refractivity contribution is -0.384. The van der Waals surface area contributed by atoms with Gasteiger partial charge in [-0.3, -0.25) is 24.3 Å². The SMILES string of the molecule is Cc1cc2c(=O)n(-c3ccccc3)c(SCC(=O)Nc3cccc([N+](=O)[O-])c3)nc2s1. The maximum atomic E-state index is 13.2. The molecule has 0 radical (unpaired) electrons. The van der Waals surface area contributed by atoms with E-state index >= 15 is 0 Å². The summed E-state index contributed by atoms with van der Waals surface area (Å²) in [6.07, 6.45) is 0. The molecule has 0 bridgehead atoms. The van der Waals surface area contributed by atoms with E-state index in [-0.39, 0.29) is 22.9 Å². The number of nitro groups is 1. The predicted octanol–water partition coefficient (Wildman–Crippen LogP) is 4.39. The van der Waals surface area contributed by atoms with Crippen molar-refractivity contribution in [2.24, 2.45) is 0 Å². The number of thioether (sulfide) groups is 1. The molecule has 2 aromatic heterocycles. The van der Waals surface area contributed by atoms with Crippen LogP contribution in [0, 0.1) is 17.0 Å². The number of non-ortho nitro benzene ring substituents is 1. The number of thiophene rings is 1. The predicted molar refractivity (Wildman–Crippen MR) is 122 cm³/mol. The largest absolute Gasteiger partial charge is 0.325 e. The molecular weight excluding hydrogens is 436 g/mol. The molecule has 0 aliphatic rings. The third kappa shape index (κ3) is 4.49. The summed E-state index contributed by atoms with van der Waals surface area (Å²) in [6.45, 7) is 1.91. The molecule has 4 rings (SSSR count). The molecule has 4 aromatic rings. The molecule has 1 N–H and O–H groups in total. The molecule has 2 heterocycles. The smallest absolute Gasteiger partial charge is 0.271 e. The van der Waals surface area contributed by atoms with Gasteiger partial charge in [-0.1, -0.05) is 36.0 Å². The van der Waals surface area contributed by atoms with Crippen LogP contribution in [-0.4, -0.2) is 26.1 Å². The average molecular weight is 453 g/mol. The standard InChI is InChI=1S/C21H16N4O4S2/c1-13-10-17-19(31-13)23-21(24(20(17)27)15-7-3-2-4-8-15)30-12-18(26)22-14-6-5-9-16(11-14)25(28)29/h2-11H,12H2,1H3,(H,22,26). The van der Waals surface area contributed by atoms with Crippen molar-refractivity contribution in [3.8, 4) is 5.69 Å². The van der Waals surface area contributed by atoms with Gasteiger partial charge in [-0.25, -0.2) is 4.98 Å². The molecule has 10 heteroatoms. The molecule has 0 saturated carbocycles. The molecule has 0 aliphatic heterocycles. The summed E-state index contributed by atoms with van der Waals surface area (Å²) in [7, 11) is 0. The Morgan fingerprint density at radius 1 is 1.19 bits per heavy atom. The number of aromatic nitrogens is 2. The van der Waals surface area contributed by atoms with Crippen molar-refractivity contribution in [1.82, 2.24) is 9.55 Å². The highest BCUT2D eigenvalue weighted by Gasteiger charge is 2.17. The Morgan fingerprint density at radius 3 is 2.71 bits per heavy atom. The number of anilines is 1. The summed E-state index contributed by atoms with van der Waals surface area (Å²) in [4.78, 5) is 42.2. The zero-order valence-corrected chi connectivity index (χ0v) is 17.9. The fourth-order valence-corrected chi connectivity index (χ4v) is 4.74. The van der Waals surface area contributed by atoms with E-state index < -0.39 is 4.92 Å².